The number of halogens is 3. The third-order valence-corrected chi connectivity index (χ3v) is 8.16. The average Bonchev–Trinajstić information content (AvgIpc) is 3.42. The van der Waals surface area contributed by atoms with Crippen molar-refractivity contribution in [1.82, 2.24) is 29.7 Å². The highest BCUT2D eigenvalue weighted by Crippen LogP contribution is 2.37. The summed E-state index contributed by atoms with van der Waals surface area (Å²) in [6.45, 7) is 5.98. The van der Waals surface area contributed by atoms with Gasteiger partial charge in [-0.3, -0.25) is 14.5 Å². The van der Waals surface area contributed by atoms with Gasteiger partial charge in [-0.05, 0) is 49.2 Å². The van der Waals surface area contributed by atoms with Crippen molar-refractivity contribution in [3.05, 3.63) is 82.7 Å². The molecule has 0 spiro atoms. The number of hydrogen-bond donors (Lipinski definition) is 2. The maximum absolute atomic E-state index is 14.4. The molecule has 1 saturated heterocycles. The molecule has 5 rings (SSSR count). The van der Waals surface area contributed by atoms with Crippen molar-refractivity contribution in [1.29, 1.82) is 0 Å². The molecule has 2 N–H and O–H groups in total. The van der Waals surface area contributed by atoms with E-state index in [0.717, 1.165) is 17.3 Å². The van der Waals surface area contributed by atoms with Crippen molar-refractivity contribution in [3.8, 4) is 17.0 Å². The summed E-state index contributed by atoms with van der Waals surface area (Å²) in [6, 6.07) is 13.4. The lowest BCUT2D eigenvalue weighted by atomic mass is 10.0. The standard InChI is InChI=1S/C32H35F3N6O4/c1-19-17-39(27(18-42)24-7-5-6-22(14-24)15-36-21(3)43)12-13-40(19)31(44)26-16-37-41-29(32(33,34)35)20(2)28(38-30(26)41)23-8-10-25(45-4)11-9-23/h5-11,14,16,19,27,42H,12-13,15,17-18H2,1-4H3,(H,36,43)/t19-,27?/m1/s1. The van der Waals surface area contributed by atoms with E-state index < -0.39 is 17.8 Å². The molecule has 0 radical (unpaired) electrons. The Balaban J connectivity index is 1.43. The summed E-state index contributed by atoms with van der Waals surface area (Å²) < 4.78 is 49.0. The Labute approximate surface area is 258 Å². The van der Waals surface area contributed by atoms with Gasteiger partial charge in [0.25, 0.3) is 5.91 Å². The van der Waals surface area contributed by atoms with Gasteiger partial charge in [0.2, 0.25) is 5.91 Å². The van der Waals surface area contributed by atoms with Crippen LogP contribution in [0.4, 0.5) is 13.2 Å². The molecule has 13 heteroatoms. The number of nitrogens with one attached hydrogen (secondary N) is 1. The number of nitrogens with zero attached hydrogens (tertiary/aromatic N) is 5. The molecule has 0 saturated carbocycles. The molecule has 1 aliphatic rings. The maximum atomic E-state index is 14.4. The molecule has 0 bridgehead atoms. The van der Waals surface area contributed by atoms with Crippen LogP contribution in [0.25, 0.3) is 16.9 Å². The molecule has 1 aliphatic heterocycles. The number of carbonyl (C=O) groups excluding carboxylic acids is 2. The van der Waals surface area contributed by atoms with E-state index in [2.05, 4.69) is 20.3 Å². The van der Waals surface area contributed by atoms with Crippen molar-refractivity contribution >= 4 is 17.5 Å². The number of ether oxygens (including phenoxy) is 1. The number of carbonyl (C=O) groups is 2. The summed E-state index contributed by atoms with van der Waals surface area (Å²) in [6.07, 6.45) is -3.61. The summed E-state index contributed by atoms with van der Waals surface area (Å²) in [5, 5.41) is 17.1. The molecule has 2 amide bonds. The van der Waals surface area contributed by atoms with Gasteiger partial charge in [-0.1, -0.05) is 24.3 Å². The minimum atomic E-state index is -4.75. The van der Waals surface area contributed by atoms with Gasteiger partial charge in [-0.15, -0.1) is 0 Å². The summed E-state index contributed by atoms with van der Waals surface area (Å²) in [5.74, 6) is -0.0694. The predicted molar refractivity (Wildman–Crippen MR) is 161 cm³/mol. The Morgan fingerprint density at radius 1 is 1.16 bits per heavy atom. The van der Waals surface area contributed by atoms with Gasteiger partial charge in [0.15, 0.2) is 11.3 Å². The van der Waals surface area contributed by atoms with E-state index in [9.17, 15) is 27.9 Å². The molecule has 2 aromatic carbocycles. The minimum absolute atomic E-state index is 0.0278. The number of aliphatic hydroxyl groups is 1. The average molecular weight is 625 g/mol. The topological polar surface area (TPSA) is 112 Å². The molecule has 0 aliphatic carbocycles. The largest absolute Gasteiger partial charge is 0.497 e. The zero-order valence-corrected chi connectivity index (χ0v) is 25.4. The van der Waals surface area contributed by atoms with Crippen LogP contribution in [0.3, 0.4) is 0 Å². The zero-order chi connectivity index (χ0) is 32.5. The van der Waals surface area contributed by atoms with E-state index >= 15 is 0 Å². The third-order valence-electron chi connectivity index (χ3n) is 8.16. The smallest absolute Gasteiger partial charge is 0.433 e. The van der Waals surface area contributed by atoms with Crippen molar-refractivity contribution in [2.75, 3.05) is 33.4 Å². The maximum Gasteiger partial charge on any atom is 0.433 e. The molecule has 1 unspecified atom stereocenters. The van der Waals surface area contributed by atoms with E-state index in [-0.39, 0.29) is 53.6 Å². The van der Waals surface area contributed by atoms with Crippen LogP contribution in [0.15, 0.2) is 54.7 Å². The Kier molecular flexibility index (Phi) is 9.12. The zero-order valence-electron chi connectivity index (χ0n) is 25.4. The van der Waals surface area contributed by atoms with Crippen LogP contribution in [0, 0.1) is 6.92 Å². The monoisotopic (exact) mass is 624 g/mol. The number of amides is 2. The molecular formula is C32H35F3N6O4. The first-order chi connectivity index (χ1) is 21.4. The van der Waals surface area contributed by atoms with Crippen LogP contribution in [0.5, 0.6) is 5.75 Å². The lowest BCUT2D eigenvalue weighted by molar-refractivity contribution is -0.143. The van der Waals surface area contributed by atoms with E-state index in [0.29, 0.717) is 35.5 Å². The van der Waals surface area contributed by atoms with Crippen molar-refractivity contribution < 1.29 is 32.6 Å². The second-order valence-corrected chi connectivity index (χ2v) is 11.1. The van der Waals surface area contributed by atoms with Crippen LogP contribution >= 0.6 is 0 Å². The van der Waals surface area contributed by atoms with Crippen LogP contribution in [0.1, 0.15) is 52.6 Å². The highest BCUT2D eigenvalue weighted by Gasteiger charge is 2.39. The number of hydrogen-bond acceptors (Lipinski definition) is 7. The van der Waals surface area contributed by atoms with Crippen LogP contribution in [-0.4, -0.2) is 80.7 Å². The number of aliphatic hydroxyl groups excluding tert-OH is 1. The number of piperazine rings is 1. The van der Waals surface area contributed by atoms with Crippen LogP contribution in [-0.2, 0) is 17.5 Å². The molecular weight excluding hydrogens is 589 g/mol. The van der Waals surface area contributed by atoms with E-state index in [1.54, 1.807) is 29.2 Å². The van der Waals surface area contributed by atoms with Gasteiger partial charge in [0.1, 0.15) is 11.3 Å². The molecule has 3 heterocycles. The van der Waals surface area contributed by atoms with Crippen LogP contribution in [0.2, 0.25) is 0 Å². The number of aromatic nitrogens is 3. The molecule has 45 heavy (non-hydrogen) atoms. The fourth-order valence-electron chi connectivity index (χ4n) is 5.88. The Morgan fingerprint density at radius 3 is 2.51 bits per heavy atom. The summed E-state index contributed by atoms with van der Waals surface area (Å²) in [4.78, 5) is 33.5. The highest BCUT2D eigenvalue weighted by molar-refractivity contribution is 6.00. The first kappa shape index (κ1) is 31.9. The van der Waals surface area contributed by atoms with Crippen molar-refractivity contribution in [3.63, 3.8) is 0 Å². The van der Waals surface area contributed by atoms with Crippen molar-refractivity contribution in [2.45, 2.75) is 45.6 Å². The molecule has 4 aromatic rings. The Bertz CT molecular complexity index is 1710. The van der Waals surface area contributed by atoms with E-state index in [4.69, 9.17) is 4.74 Å². The molecule has 1 fully saturated rings. The van der Waals surface area contributed by atoms with Gasteiger partial charge < -0.3 is 20.1 Å². The number of rotatable bonds is 8. The number of alkyl halides is 3. The quantitative estimate of drug-likeness (QED) is 0.302. The molecule has 2 aromatic heterocycles. The molecule has 238 valence electrons. The lowest BCUT2D eigenvalue weighted by Crippen LogP contribution is -2.55. The Hall–Kier alpha value is -4.49. The first-order valence-corrected chi connectivity index (χ1v) is 14.5. The predicted octanol–water partition coefficient (Wildman–Crippen LogP) is 4.25. The highest BCUT2D eigenvalue weighted by atomic mass is 19.4. The normalized spacial score (nSPS) is 16.5. The number of methoxy groups -OCH3 is 1. The summed E-state index contributed by atoms with van der Waals surface area (Å²) in [7, 11) is 1.50. The SMILES string of the molecule is COc1ccc(-c2nc3c(C(=O)N4CCN(C(CO)c5cccc(CNC(C)=O)c5)C[C@H]4C)cnn3c(C(F)(F)F)c2C)cc1. The first-order valence-electron chi connectivity index (χ1n) is 14.5. The van der Waals surface area contributed by atoms with Gasteiger partial charge in [0, 0.05) is 50.3 Å². The fraction of sp³-hybridized carbons (Fsp3) is 0.375. The van der Waals surface area contributed by atoms with E-state index in [1.807, 2.05) is 31.2 Å². The molecule has 10 nitrogen and oxygen atoms in total. The second kappa shape index (κ2) is 12.9. The number of fused-ring (bicyclic) bond motifs is 1. The molecule has 2 atom stereocenters. The van der Waals surface area contributed by atoms with Gasteiger partial charge in [0.05, 0.1) is 31.6 Å². The van der Waals surface area contributed by atoms with Gasteiger partial charge >= 0.3 is 6.18 Å². The van der Waals surface area contributed by atoms with Crippen molar-refractivity contribution in [2.24, 2.45) is 0 Å². The lowest BCUT2D eigenvalue weighted by Gasteiger charge is -2.43. The summed E-state index contributed by atoms with van der Waals surface area (Å²) in [5.41, 5.74) is 0.992. The van der Waals surface area contributed by atoms with Gasteiger partial charge in [-0.25, -0.2) is 9.50 Å². The Morgan fingerprint density at radius 2 is 1.89 bits per heavy atom. The van der Waals surface area contributed by atoms with Crippen LogP contribution < -0.4 is 10.1 Å². The fourth-order valence-corrected chi connectivity index (χ4v) is 5.88. The second-order valence-electron chi connectivity index (χ2n) is 11.1. The summed E-state index contributed by atoms with van der Waals surface area (Å²) >= 11 is 0. The minimum Gasteiger partial charge on any atom is -0.497 e. The number of benzene rings is 2. The third kappa shape index (κ3) is 6.50. The van der Waals surface area contributed by atoms with E-state index in [1.165, 1.54) is 21.0 Å². The van der Waals surface area contributed by atoms with Gasteiger partial charge in [-0.2, -0.15) is 18.3 Å².